The Morgan fingerprint density at radius 3 is 2.92 bits per heavy atom. The molecule has 1 N–H and O–H groups in total. The Kier molecular flexibility index (Phi) is 6.23. The fraction of sp³-hybridized carbons (Fsp3) is 0.429. The number of carbonyl (C=O) groups excluding carboxylic acids is 1. The van der Waals surface area contributed by atoms with E-state index in [2.05, 4.69) is 29.0 Å². The summed E-state index contributed by atoms with van der Waals surface area (Å²) in [6.45, 7) is 6.41. The van der Waals surface area contributed by atoms with Crippen molar-refractivity contribution in [3.63, 3.8) is 0 Å². The largest absolute Gasteiger partial charge is 0.454 e. The van der Waals surface area contributed by atoms with Crippen LogP contribution in [-0.4, -0.2) is 34.9 Å². The van der Waals surface area contributed by atoms with E-state index < -0.39 is 0 Å². The molecule has 3 rings (SSSR count). The van der Waals surface area contributed by atoms with E-state index in [1.165, 1.54) is 0 Å². The van der Waals surface area contributed by atoms with Crippen LogP contribution in [0.25, 0.3) is 0 Å². The SMILES string of the molecule is CC(C)CCN1CCCC1C(=O)Nc1ccccc1Oc1cccnc1. The van der Waals surface area contributed by atoms with Crippen LogP contribution in [0.2, 0.25) is 0 Å². The van der Waals surface area contributed by atoms with Gasteiger partial charge in [-0.3, -0.25) is 14.7 Å². The van der Waals surface area contributed by atoms with Gasteiger partial charge in [-0.15, -0.1) is 0 Å². The molecule has 1 fully saturated rings. The van der Waals surface area contributed by atoms with Crippen LogP contribution >= 0.6 is 0 Å². The van der Waals surface area contributed by atoms with E-state index in [4.69, 9.17) is 4.74 Å². The van der Waals surface area contributed by atoms with Crippen LogP contribution in [0.1, 0.15) is 33.1 Å². The number of para-hydroxylation sites is 2. The molecule has 1 aromatic heterocycles. The number of nitrogens with one attached hydrogen (secondary N) is 1. The summed E-state index contributed by atoms with van der Waals surface area (Å²) < 4.78 is 5.89. The van der Waals surface area contributed by atoms with Crippen LogP contribution in [0, 0.1) is 5.92 Å². The van der Waals surface area contributed by atoms with Crippen molar-refractivity contribution in [2.24, 2.45) is 5.92 Å². The molecular weight excluding hydrogens is 326 g/mol. The smallest absolute Gasteiger partial charge is 0.241 e. The topological polar surface area (TPSA) is 54.5 Å². The molecular formula is C21H27N3O2. The van der Waals surface area contributed by atoms with E-state index in [1.54, 1.807) is 12.4 Å². The number of ether oxygens (including phenoxy) is 1. The molecule has 0 spiro atoms. The number of hydrogen-bond donors (Lipinski definition) is 1. The van der Waals surface area contributed by atoms with Gasteiger partial charge in [0.05, 0.1) is 17.9 Å². The lowest BCUT2D eigenvalue weighted by atomic mass is 10.1. The summed E-state index contributed by atoms with van der Waals surface area (Å²) in [7, 11) is 0. The molecule has 0 radical (unpaired) electrons. The van der Waals surface area contributed by atoms with Gasteiger partial charge in [0, 0.05) is 6.20 Å². The molecule has 5 nitrogen and oxygen atoms in total. The molecule has 2 aromatic rings. The van der Waals surface area contributed by atoms with Gasteiger partial charge in [-0.2, -0.15) is 0 Å². The summed E-state index contributed by atoms with van der Waals surface area (Å²) in [4.78, 5) is 19.2. The van der Waals surface area contributed by atoms with E-state index in [1.807, 2.05) is 36.4 Å². The van der Waals surface area contributed by atoms with Gasteiger partial charge in [0.15, 0.2) is 5.75 Å². The maximum absolute atomic E-state index is 12.9. The summed E-state index contributed by atoms with van der Waals surface area (Å²) in [6, 6.07) is 11.1. The second-order valence-corrected chi connectivity index (χ2v) is 7.15. The average Bonchev–Trinajstić information content (AvgIpc) is 3.11. The second-order valence-electron chi connectivity index (χ2n) is 7.15. The van der Waals surface area contributed by atoms with E-state index in [9.17, 15) is 4.79 Å². The molecule has 0 saturated carbocycles. The molecule has 2 heterocycles. The summed E-state index contributed by atoms with van der Waals surface area (Å²) >= 11 is 0. The van der Waals surface area contributed by atoms with E-state index in [0.717, 1.165) is 32.4 Å². The number of aromatic nitrogens is 1. The fourth-order valence-electron chi connectivity index (χ4n) is 3.22. The summed E-state index contributed by atoms with van der Waals surface area (Å²) in [5.74, 6) is 1.97. The quantitative estimate of drug-likeness (QED) is 0.805. The van der Waals surface area contributed by atoms with E-state index in [0.29, 0.717) is 23.1 Å². The summed E-state index contributed by atoms with van der Waals surface area (Å²) in [6.07, 6.45) is 6.46. The van der Waals surface area contributed by atoms with E-state index in [-0.39, 0.29) is 11.9 Å². The zero-order chi connectivity index (χ0) is 18.4. The molecule has 1 aliphatic rings. The van der Waals surface area contributed by atoms with Crippen molar-refractivity contribution in [1.29, 1.82) is 0 Å². The van der Waals surface area contributed by atoms with Crippen LogP contribution < -0.4 is 10.1 Å². The first-order valence-electron chi connectivity index (χ1n) is 9.35. The first-order valence-corrected chi connectivity index (χ1v) is 9.35. The monoisotopic (exact) mass is 353 g/mol. The minimum Gasteiger partial charge on any atom is -0.454 e. The first kappa shape index (κ1) is 18.4. The summed E-state index contributed by atoms with van der Waals surface area (Å²) in [5.41, 5.74) is 0.692. The van der Waals surface area contributed by atoms with Crippen molar-refractivity contribution in [1.82, 2.24) is 9.88 Å². The van der Waals surface area contributed by atoms with Crippen LogP contribution in [0.3, 0.4) is 0 Å². The van der Waals surface area contributed by atoms with Crippen molar-refractivity contribution in [2.45, 2.75) is 39.2 Å². The number of rotatable bonds is 7. The fourth-order valence-corrected chi connectivity index (χ4v) is 3.22. The van der Waals surface area contributed by atoms with Crippen LogP contribution in [-0.2, 0) is 4.79 Å². The molecule has 0 aliphatic carbocycles. The molecule has 1 atom stereocenters. The number of pyridine rings is 1. The highest BCUT2D eigenvalue weighted by molar-refractivity contribution is 5.96. The highest BCUT2D eigenvalue weighted by Crippen LogP contribution is 2.30. The van der Waals surface area contributed by atoms with Crippen molar-refractivity contribution < 1.29 is 9.53 Å². The zero-order valence-electron chi connectivity index (χ0n) is 15.5. The van der Waals surface area contributed by atoms with Gasteiger partial charge in [-0.25, -0.2) is 0 Å². The van der Waals surface area contributed by atoms with Gasteiger partial charge in [0.1, 0.15) is 5.75 Å². The van der Waals surface area contributed by atoms with Gasteiger partial charge in [-0.05, 0) is 62.5 Å². The van der Waals surface area contributed by atoms with E-state index >= 15 is 0 Å². The maximum Gasteiger partial charge on any atom is 0.241 e. The lowest BCUT2D eigenvalue weighted by molar-refractivity contribution is -0.120. The molecule has 1 saturated heterocycles. The lowest BCUT2D eigenvalue weighted by Crippen LogP contribution is -2.40. The third kappa shape index (κ3) is 4.82. The van der Waals surface area contributed by atoms with Crippen LogP contribution in [0.4, 0.5) is 5.69 Å². The third-order valence-electron chi connectivity index (χ3n) is 4.67. The molecule has 1 aromatic carbocycles. The highest BCUT2D eigenvalue weighted by atomic mass is 16.5. The first-order chi connectivity index (χ1) is 12.6. The Morgan fingerprint density at radius 2 is 2.15 bits per heavy atom. The van der Waals surface area contributed by atoms with Gasteiger partial charge in [0.2, 0.25) is 5.91 Å². The minimum absolute atomic E-state index is 0.0495. The Morgan fingerprint density at radius 1 is 1.31 bits per heavy atom. The Labute approximate surface area is 155 Å². The molecule has 0 bridgehead atoms. The molecule has 1 unspecified atom stereocenters. The third-order valence-corrected chi connectivity index (χ3v) is 4.67. The normalized spacial score (nSPS) is 17.4. The zero-order valence-corrected chi connectivity index (χ0v) is 15.5. The van der Waals surface area contributed by atoms with Gasteiger partial charge < -0.3 is 10.1 Å². The van der Waals surface area contributed by atoms with Crippen molar-refractivity contribution in [3.05, 3.63) is 48.8 Å². The second kappa shape index (κ2) is 8.81. The van der Waals surface area contributed by atoms with Gasteiger partial charge in [0.25, 0.3) is 0 Å². The Balaban J connectivity index is 1.67. The molecule has 138 valence electrons. The number of amides is 1. The minimum atomic E-state index is -0.0554. The number of nitrogens with zero attached hydrogens (tertiary/aromatic N) is 2. The number of anilines is 1. The number of benzene rings is 1. The number of carbonyl (C=O) groups is 1. The van der Waals surface area contributed by atoms with Gasteiger partial charge >= 0.3 is 0 Å². The Hall–Kier alpha value is -2.40. The molecule has 5 heteroatoms. The maximum atomic E-state index is 12.9. The van der Waals surface area contributed by atoms with Crippen LogP contribution in [0.15, 0.2) is 48.8 Å². The van der Waals surface area contributed by atoms with Crippen molar-refractivity contribution in [2.75, 3.05) is 18.4 Å². The lowest BCUT2D eigenvalue weighted by Gasteiger charge is -2.24. The highest BCUT2D eigenvalue weighted by Gasteiger charge is 2.30. The van der Waals surface area contributed by atoms with Crippen molar-refractivity contribution >= 4 is 11.6 Å². The molecule has 26 heavy (non-hydrogen) atoms. The average molecular weight is 353 g/mol. The molecule has 1 aliphatic heterocycles. The predicted octanol–water partition coefficient (Wildman–Crippen LogP) is 4.32. The summed E-state index contributed by atoms with van der Waals surface area (Å²) in [5, 5.41) is 3.06. The Bertz CT molecular complexity index is 718. The number of likely N-dealkylation sites (tertiary alicyclic amines) is 1. The van der Waals surface area contributed by atoms with Crippen LogP contribution in [0.5, 0.6) is 11.5 Å². The predicted molar refractivity (Wildman–Crippen MR) is 103 cm³/mol. The van der Waals surface area contributed by atoms with Crippen molar-refractivity contribution in [3.8, 4) is 11.5 Å². The molecule has 1 amide bonds. The number of hydrogen-bond acceptors (Lipinski definition) is 4. The van der Waals surface area contributed by atoms with Gasteiger partial charge in [-0.1, -0.05) is 26.0 Å². The standard InChI is InChI=1S/C21H27N3O2/c1-16(2)11-14-24-13-6-9-19(24)21(25)23-18-8-3-4-10-20(18)26-17-7-5-12-22-15-17/h3-5,7-8,10,12,15-16,19H,6,9,11,13-14H2,1-2H3,(H,23,25).